The third-order valence-corrected chi connectivity index (χ3v) is 4.98. The lowest BCUT2D eigenvalue weighted by atomic mass is 10.1. The molecule has 0 saturated heterocycles. The molecule has 0 aliphatic carbocycles. The fourth-order valence-corrected chi connectivity index (χ4v) is 3.39. The second kappa shape index (κ2) is 10.1. The fourth-order valence-electron chi connectivity index (χ4n) is 2.89. The van der Waals surface area contributed by atoms with Gasteiger partial charge in [0.15, 0.2) is 11.5 Å². The number of nitrogens with zero attached hydrogens (tertiary/aromatic N) is 1. The highest BCUT2D eigenvalue weighted by molar-refractivity contribution is 6.37. The lowest BCUT2D eigenvalue weighted by molar-refractivity contribution is -0.385. The number of halogens is 2. The maximum atomic E-state index is 12.5. The van der Waals surface area contributed by atoms with Gasteiger partial charge in [0.1, 0.15) is 12.4 Å². The SMILES string of the molecule is COc1ccc(/C=C/C(=O)c2ccccc2[N+](=O)[O-])cc1COc1c(Cl)cccc1Cl. The molecule has 0 amide bonds. The van der Waals surface area contributed by atoms with E-state index >= 15 is 0 Å². The van der Waals surface area contributed by atoms with Gasteiger partial charge >= 0.3 is 0 Å². The third-order valence-electron chi connectivity index (χ3n) is 4.39. The Hall–Kier alpha value is -3.35. The summed E-state index contributed by atoms with van der Waals surface area (Å²) in [7, 11) is 1.54. The van der Waals surface area contributed by atoms with Gasteiger partial charge in [-0.05, 0) is 42.0 Å². The molecule has 3 aromatic carbocycles. The van der Waals surface area contributed by atoms with E-state index in [0.717, 1.165) is 0 Å². The Balaban J connectivity index is 1.82. The normalized spacial score (nSPS) is 10.8. The molecule has 0 unspecified atom stereocenters. The van der Waals surface area contributed by atoms with E-state index in [1.165, 1.54) is 31.4 Å². The summed E-state index contributed by atoms with van der Waals surface area (Å²) < 4.78 is 11.2. The fraction of sp³-hybridized carbons (Fsp3) is 0.0870. The summed E-state index contributed by atoms with van der Waals surface area (Å²) in [6, 6.07) is 16.2. The van der Waals surface area contributed by atoms with Gasteiger partial charge in [-0.15, -0.1) is 0 Å². The number of methoxy groups -OCH3 is 1. The van der Waals surface area contributed by atoms with Crippen molar-refractivity contribution >= 4 is 40.7 Å². The Morgan fingerprint density at radius 1 is 1.06 bits per heavy atom. The number of allylic oxidation sites excluding steroid dienone is 1. The zero-order valence-electron chi connectivity index (χ0n) is 16.4. The summed E-state index contributed by atoms with van der Waals surface area (Å²) in [4.78, 5) is 23.0. The van der Waals surface area contributed by atoms with Crippen LogP contribution in [0, 0.1) is 10.1 Å². The Bertz CT molecular complexity index is 1140. The number of ketones is 1. The highest BCUT2D eigenvalue weighted by Gasteiger charge is 2.17. The van der Waals surface area contributed by atoms with Gasteiger partial charge in [-0.1, -0.05) is 53.5 Å². The second-order valence-corrected chi connectivity index (χ2v) is 7.20. The number of nitro benzene ring substituents is 1. The first kappa shape index (κ1) is 22.3. The quantitative estimate of drug-likeness (QED) is 0.169. The van der Waals surface area contributed by atoms with Crippen LogP contribution in [-0.2, 0) is 6.61 Å². The van der Waals surface area contributed by atoms with Gasteiger partial charge in [-0.2, -0.15) is 0 Å². The Labute approximate surface area is 188 Å². The standard InChI is InChI=1S/C23H17Cl2NO5/c1-30-22-12-10-15(9-11-21(27)17-5-2-3-8-20(17)26(28)29)13-16(22)14-31-23-18(24)6-4-7-19(23)25/h2-13H,14H2,1H3/b11-9+. The molecule has 6 nitrogen and oxygen atoms in total. The topological polar surface area (TPSA) is 78.7 Å². The van der Waals surface area contributed by atoms with Gasteiger partial charge in [0, 0.05) is 11.6 Å². The summed E-state index contributed by atoms with van der Waals surface area (Å²) in [5.74, 6) is 0.481. The summed E-state index contributed by atoms with van der Waals surface area (Å²) in [6.45, 7) is 0.131. The molecule has 3 aromatic rings. The van der Waals surface area contributed by atoms with Gasteiger partial charge in [-0.25, -0.2) is 0 Å². The highest BCUT2D eigenvalue weighted by Crippen LogP contribution is 2.34. The van der Waals surface area contributed by atoms with Gasteiger partial charge < -0.3 is 9.47 Å². The van der Waals surface area contributed by atoms with Crippen LogP contribution in [0.25, 0.3) is 6.08 Å². The predicted octanol–water partition coefficient (Wildman–Crippen LogP) is 6.39. The van der Waals surface area contributed by atoms with Crippen LogP contribution in [0.4, 0.5) is 5.69 Å². The minimum atomic E-state index is -0.580. The molecular weight excluding hydrogens is 441 g/mol. The summed E-state index contributed by atoms with van der Waals surface area (Å²) in [5.41, 5.74) is 1.18. The lowest BCUT2D eigenvalue weighted by Crippen LogP contribution is -2.01. The van der Waals surface area contributed by atoms with Crippen LogP contribution in [0.15, 0.2) is 66.7 Å². The Morgan fingerprint density at radius 2 is 1.77 bits per heavy atom. The zero-order valence-corrected chi connectivity index (χ0v) is 17.9. The summed E-state index contributed by atoms with van der Waals surface area (Å²) >= 11 is 12.3. The van der Waals surface area contributed by atoms with Crippen molar-refractivity contribution in [3.8, 4) is 11.5 Å². The van der Waals surface area contributed by atoms with Crippen LogP contribution >= 0.6 is 23.2 Å². The summed E-state index contributed by atoms with van der Waals surface area (Å²) in [6.07, 6.45) is 2.87. The van der Waals surface area contributed by atoms with Crippen molar-refractivity contribution < 1.29 is 19.2 Å². The smallest absolute Gasteiger partial charge is 0.280 e. The van der Waals surface area contributed by atoms with E-state index < -0.39 is 10.7 Å². The number of nitro groups is 1. The average molecular weight is 458 g/mol. The van der Waals surface area contributed by atoms with Crippen LogP contribution in [-0.4, -0.2) is 17.8 Å². The summed E-state index contributed by atoms with van der Waals surface area (Å²) in [5, 5.41) is 11.9. The van der Waals surface area contributed by atoms with Crippen LogP contribution in [0.5, 0.6) is 11.5 Å². The van der Waals surface area contributed by atoms with Gasteiger partial charge in [0.25, 0.3) is 5.69 Å². The van der Waals surface area contributed by atoms with Crippen LogP contribution in [0.1, 0.15) is 21.5 Å². The predicted molar refractivity (Wildman–Crippen MR) is 120 cm³/mol. The van der Waals surface area contributed by atoms with Crippen LogP contribution < -0.4 is 9.47 Å². The number of rotatable bonds is 8. The third kappa shape index (κ3) is 5.42. The maximum absolute atomic E-state index is 12.5. The first-order valence-electron chi connectivity index (χ1n) is 9.10. The van der Waals surface area contributed by atoms with E-state index in [4.69, 9.17) is 32.7 Å². The van der Waals surface area contributed by atoms with Crippen molar-refractivity contribution in [1.82, 2.24) is 0 Å². The molecule has 0 aliphatic rings. The van der Waals surface area contributed by atoms with Crippen molar-refractivity contribution in [2.45, 2.75) is 6.61 Å². The van der Waals surface area contributed by atoms with Gasteiger partial charge in [0.2, 0.25) is 0 Å². The molecule has 0 N–H and O–H groups in total. The number of carbonyl (C=O) groups excluding carboxylic acids is 1. The number of para-hydroxylation sites is 2. The Kier molecular flexibility index (Phi) is 7.28. The van der Waals surface area contributed by atoms with Crippen molar-refractivity contribution in [3.05, 3.63) is 104 Å². The maximum Gasteiger partial charge on any atom is 0.280 e. The van der Waals surface area contributed by atoms with E-state index in [2.05, 4.69) is 0 Å². The molecule has 0 spiro atoms. The molecule has 0 aliphatic heterocycles. The molecular formula is C23H17Cl2NO5. The van der Waals surface area contributed by atoms with Crippen LogP contribution in [0.2, 0.25) is 10.0 Å². The zero-order chi connectivity index (χ0) is 22.4. The minimum Gasteiger partial charge on any atom is -0.496 e. The number of hydrogen-bond acceptors (Lipinski definition) is 5. The van der Waals surface area contributed by atoms with Crippen molar-refractivity contribution in [1.29, 1.82) is 0 Å². The molecule has 158 valence electrons. The molecule has 0 fully saturated rings. The molecule has 0 atom stereocenters. The number of benzene rings is 3. The average Bonchev–Trinajstić information content (AvgIpc) is 2.77. The first-order valence-corrected chi connectivity index (χ1v) is 9.86. The van der Waals surface area contributed by atoms with Crippen molar-refractivity contribution in [3.63, 3.8) is 0 Å². The first-order chi connectivity index (χ1) is 14.9. The van der Waals surface area contributed by atoms with E-state index in [-0.39, 0.29) is 17.9 Å². The monoisotopic (exact) mass is 457 g/mol. The lowest BCUT2D eigenvalue weighted by Gasteiger charge is -2.13. The number of ether oxygens (including phenoxy) is 2. The van der Waals surface area contributed by atoms with E-state index in [0.29, 0.717) is 32.7 Å². The van der Waals surface area contributed by atoms with Gasteiger partial charge in [-0.3, -0.25) is 14.9 Å². The Morgan fingerprint density at radius 3 is 2.45 bits per heavy atom. The highest BCUT2D eigenvalue weighted by atomic mass is 35.5. The van der Waals surface area contributed by atoms with Crippen LogP contribution in [0.3, 0.4) is 0 Å². The minimum absolute atomic E-state index is 0.0224. The number of carbonyl (C=O) groups is 1. The molecule has 0 aromatic heterocycles. The molecule has 3 rings (SSSR count). The molecule has 8 heteroatoms. The molecule has 0 radical (unpaired) electrons. The van der Waals surface area contributed by atoms with Crippen molar-refractivity contribution in [2.75, 3.05) is 7.11 Å². The second-order valence-electron chi connectivity index (χ2n) is 6.38. The van der Waals surface area contributed by atoms with E-state index in [1.54, 1.807) is 48.5 Å². The number of hydrogen-bond donors (Lipinski definition) is 0. The molecule has 0 heterocycles. The van der Waals surface area contributed by atoms with Crippen molar-refractivity contribution in [2.24, 2.45) is 0 Å². The largest absolute Gasteiger partial charge is 0.496 e. The van der Waals surface area contributed by atoms with E-state index in [1.807, 2.05) is 0 Å². The molecule has 0 saturated carbocycles. The molecule has 31 heavy (non-hydrogen) atoms. The van der Waals surface area contributed by atoms with E-state index in [9.17, 15) is 14.9 Å². The van der Waals surface area contributed by atoms with Gasteiger partial charge in [0.05, 0.1) is 27.6 Å². The molecule has 0 bridgehead atoms.